The molecule has 13 heavy (non-hydrogen) atoms. The van der Waals surface area contributed by atoms with Gasteiger partial charge in [-0.15, -0.1) is 0 Å². The summed E-state index contributed by atoms with van der Waals surface area (Å²) in [6.45, 7) is 4.90. The summed E-state index contributed by atoms with van der Waals surface area (Å²) in [6.07, 6.45) is 4.84. The third kappa shape index (κ3) is 8.44. The van der Waals surface area contributed by atoms with E-state index < -0.39 is 10.8 Å². The Morgan fingerprint density at radius 1 is 1.31 bits per heavy atom. The molecule has 0 saturated heterocycles. The average Bonchev–Trinajstić information content (AvgIpc) is 2.12. The van der Waals surface area contributed by atoms with Crippen LogP contribution in [0.1, 0.15) is 39.5 Å². The van der Waals surface area contributed by atoms with Gasteiger partial charge in [-0.05, 0) is 18.9 Å². The molecule has 80 valence electrons. The minimum absolute atomic E-state index is 0.409. The fourth-order valence-corrected chi connectivity index (χ4v) is 2.62. The van der Waals surface area contributed by atoms with Crippen molar-refractivity contribution >= 4 is 10.8 Å². The molecule has 0 radical (unpaired) electrons. The molecule has 0 aliphatic rings. The van der Waals surface area contributed by atoms with E-state index >= 15 is 0 Å². The van der Waals surface area contributed by atoms with Gasteiger partial charge in [0.2, 0.25) is 0 Å². The zero-order valence-electron chi connectivity index (χ0n) is 8.92. The summed E-state index contributed by atoms with van der Waals surface area (Å²) < 4.78 is 11.4. The van der Waals surface area contributed by atoms with Crippen molar-refractivity contribution in [2.45, 2.75) is 39.5 Å². The minimum atomic E-state index is -0.633. The normalized spacial score (nSPS) is 15.6. The van der Waals surface area contributed by atoms with Gasteiger partial charge in [-0.2, -0.15) is 0 Å². The van der Waals surface area contributed by atoms with Crippen LogP contribution in [0.2, 0.25) is 0 Å². The van der Waals surface area contributed by atoms with Crippen molar-refractivity contribution < 1.29 is 4.21 Å². The van der Waals surface area contributed by atoms with Crippen LogP contribution in [-0.4, -0.2) is 22.3 Å². The van der Waals surface area contributed by atoms with Crippen molar-refractivity contribution in [3.8, 4) is 0 Å². The monoisotopic (exact) mass is 205 g/mol. The molecule has 0 aromatic heterocycles. The molecule has 0 aromatic rings. The second-order valence-corrected chi connectivity index (χ2v) is 5.33. The van der Waals surface area contributed by atoms with E-state index in [1.54, 1.807) is 0 Å². The van der Waals surface area contributed by atoms with Gasteiger partial charge >= 0.3 is 0 Å². The summed E-state index contributed by atoms with van der Waals surface area (Å²) in [7, 11) is -0.633. The zero-order chi connectivity index (χ0) is 10.1. The molecule has 0 amide bonds. The van der Waals surface area contributed by atoms with E-state index in [1.807, 2.05) is 0 Å². The van der Waals surface area contributed by atoms with E-state index in [2.05, 4.69) is 13.8 Å². The fraction of sp³-hybridized carbons (Fsp3) is 1.00. The molecular weight excluding hydrogens is 182 g/mol. The van der Waals surface area contributed by atoms with Gasteiger partial charge in [0.05, 0.1) is 0 Å². The Hall–Kier alpha value is 0.110. The van der Waals surface area contributed by atoms with E-state index in [4.69, 9.17) is 5.73 Å². The summed E-state index contributed by atoms with van der Waals surface area (Å²) in [4.78, 5) is 0. The first-order chi connectivity index (χ1) is 6.20. The largest absolute Gasteiger partial charge is 0.330 e. The van der Waals surface area contributed by atoms with Gasteiger partial charge < -0.3 is 5.73 Å². The Morgan fingerprint density at radius 2 is 2.00 bits per heavy atom. The van der Waals surface area contributed by atoms with Gasteiger partial charge in [-0.1, -0.05) is 33.1 Å². The topological polar surface area (TPSA) is 43.1 Å². The van der Waals surface area contributed by atoms with Crippen molar-refractivity contribution in [2.24, 2.45) is 11.7 Å². The maximum atomic E-state index is 11.4. The average molecular weight is 205 g/mol. The molecule has 0 heterocycles. The van der Waals surface area contributed by atoms with Crippen LogP contribution in [0, 0.1) is 5.92 Å². The van der Waals surface area contributed by atoms with Crippen molar-refractivity contribution in [1.82, 2.24) is 0 Å². The lowest BCUT2D eigenvalue weighted by molar-refractivity contribution is 0.634. The highest BCUT2D eigenvalue weighted by Gasteiger charge is 2.05. The Morgan fingerprint density at radius 3 is 2.54 bits per heavy atom. The molecule has 0 rings (SSSR count). The lowest BCUT2D eigenvalue weighted by Crippen LogP contribution is -2.18. The predicted molar refractivity (Wildman–Crippen MR) is 60.2 cm³/mol. The molecule has 2 atom stereocenters. The van der Waals surface area contributed by atoms with Gasteiger partial charge in [0.25, 0.3) is 0 Å². The second kappa shape index (κ2) is 8.70. The smallest absolute Gasteiger partial charge is 0.0272 e. The molecule has 0 aromatic carbocycles. The van der Waals surface area contributed by atoms with E-state index in [1.165, 1.54) is 19.3 Å². The maximum absolute atomic E-state index is 11.4. The lowest BCUT2D eigenvalue weighted by atomic mass is 10.2. The Kier molecular flexibility index (Phi) is 8.77. The number of hydrogen-bond donors (Lipinski definition) is 1. The third-order valence-electron chi connectivity index (χ3n) is 2.10. The molecule has 0 bridgehead atoms. The van der Waals surface area contributed by atoms with Gasteiger partial charge in [0.1, 0.15) is 0 Å². The first kappa shape index (κ1) is 13.1. The van der Waals surface area contributed by atoms with Crippen molar-refractivity contribution in [3.63, 3.8) is 0 Å². The summed E-state index contributed by atoms with van der Waals surface area (Å²) in [6, 6.07) is 0. The van der Waals surface area contributed by atoms with Crippen LogP contribution in [0.5, 0.6) is 0 Å². The van der Waals surface area contributed by atoms with Crippen molar-refractivity contribution in [3.05, 3.63) is 0 Å². The molecule has 3 heteroatoms. The quantitative estimate of drug-likeness (QED) is 0.615. The second-order valence-electron chi connectivity index (χ2n) is 3.71. The molecule has 0 fully saturated rings. The van der Waals surface area contributed by atoms with Crippen LogP contribution < -0.4 is 5.73 Å². The lowest BCUT2D eigenvalue weighted by Gasteiger charge is -2.07. The Labute approximate surface area is 84.7 Å². The third-order valence-corrected chi connectivity index (χ3v) is 3.78. The van der Waals surface area contributed by atoms with Gasteiger partial charge in [0.15, 0.2) is 0 Å². The molecule has 0 spiro atoms. The maximum Gasteiger partial charge on any atom is 0.0272 e. The van der Waals surface area contributed by atoms with Crippen LogP contribution in [-0.2, 0) is 10.8 Å². The minimum Gasteiger partial charge on any atom is -0.330 e. The zero-order valence-corrected chi connectivity index (χ0v) is 9.74. The van der Waals surface area contributed by atoms with Crippen LogP contribution in [0.25, 0.3) is 0 Å². The van der Waals surface area contributed by atoms with E-state index in [-0.39, 0.29) is 0 Å². The van der Waals surface area contributed by atoms with Crippen molar-refractivity contribution in [1.29, 1.82) is 0 Å². The Bertz CT molecular complexity index is 139. The molecule has 2 nitrogen and oxygen atoms in total. The number of unbranched alkanes of at least 4 members (excludes halogenated alkanes) is 3. The molecule has 2 N–H and O–H groups in total. The van der Waals surface area contributed by atoms with Crippen LogP contribution in [0.3, 0.4) is 0 Å². The highest BCUT2D eigenvalue weighted by molar-refractivity contribution is 7.84. The van der Waals surface area contributed by atoms with Crippen LogP contribution >= 0.6 is 0 Å². The molecular formula is C10H23NOS. The molecule has 0 saturated carbocycles. The van der Waals surface area contributed by atoms with Gasteiger partial charge in [0, 0.05) is 22.3 Å². The van der Waals surface area contributed by atoms with Crippen LogP contribution in [0.15, 0.2) is 0 Å². The summed E-state index contributed by atoms with van der Waals surface area (Å²) >= 11 is 0. The standard InChI is InChI=1S/C10H23NOS/c1-3-4-5-6-7-13(12)9-10(2)8-11/h10H,3-9,11H2,1-2H3. The highest BCUT2D eigenvalue weighted by atomic mass is 32.2. The molecule has 2 unspecified atom stereocenters. The van der Waals surface area contributed by atoms with Gasteiger partial charge in [-0.25, -0.2) is 0 Å². The van der Waals surface area contributed by atoms with E-state index in [0.717, 1.165) is 17.9 Å². The van der Waals surface area contributed by atoms with Gasteiger partial charge in [-0.3, -0.25) is 4.21 Å². The molecule has 0 aliphatic carbocycles. The SMILES string of the molecule is CCCCCCS(=O)CC(C)CN. The summed E-state index contributed by atoms with van der Waals surface area (Å²) in [5.41, 5.74) is 5.46. The summed E-state index contributed by atoms with van der Waals surface area (Å²) in [5, 5.41) is 0. The highest BCUT2D eigenvalue weighted by Crippen LogP contribution is 2.02. The first-order valence-electron chi connectivity index (χ1n) is 5.25. The van der Waals surface area contributed by atoms with Crippen molar-refractivity contribution in [2.75, 3.05) is 18.1 Å². The number of nitrogens with two attached hydrogens (primary N) is 1. The predicted octanol–water partition coefficient (Wildman–Crippen LogP) is 1.91. The Balaban J connectivity index is 3.30. The summed E-state index contributed by atoms with van der Waals surface area (Å²) in [5.74, 6) is 2.06. The first-order valence-corrected chi connectivity index (χ1v) is 6.74. The molecule has 0 aliphatic heterocycles. The van der Waals surface area contributed by atoms with E-state index in [9.17, 15) is 4.21 Å². The fourth-order valence-electron chi connectivity index (χ4n) is 1.16. The number of rotatable bonds is 8. The van der Waals surface area contributed by atoms with Crippen LogP contribution in [0.4, 0.5) is 0 Å². The van der Waals surface area contributed by atoms with E-state index in [0.29, 0.717) is 12.5 Å². The number of hydrogen-bond acceptors (Lipinski definition) is 2.